The van der Waals surface area contributed by atoms with Crippen molar-refractivity contribution < 1.29 is 9.59 Å². The molecule has 0 saturated heterocycles. The minimum absolute atomic E-state index is 0.00235. The van der Waals surface area contributed by atoms with Crippen LogP contribution < -0.4 is 11.1 Å². The second-order valence-corrected chi connectivity index (χ2v) is 9.49. The summed E-state index contributed by atoms with van der Waals surface area (Å²) in [5.74, 6) is -0.110. The van der Waals surface area contributed by atoms with Crippen LogP contribution in [0.4, 0.5) is 10.8 Å². The zero-order valence-electron chi connectivity index (χ0n) is 18.9. The summed E-state index contributed by atoms with van der Waals surface area (Å²) >= 11 is 1.40. The van der Waals surface area contributed by atoms with Gasteiger partial charge < -0.3 is 16.0 Å². The SMILES string of the molecule is C[C@@H](C(=O)Nc1ccc(-c2csc(N)n2)cc1)N(Cc1ccccc1)C(=O)C1CCCCC1. The number of carbonyl (C=O) groups is 2. The highest BCUT2D eigenvalue weighted by atomic mass is 32.1. The third kappa shape index (κ3) is 5.79. The molecule has 1 saturated carbocycles. The maximum atomic E-state index is 13.4. The van der Waals surface area contributed by atoms with Crippen LogP contribution in [-0.2, 0) is 16.1 Å². The third-order valence-electron chi connectivity index (χ3n) is 6.25. The quantitative estimate of drug-likeness (QED) is 0.497. The lowest BCUT2D eigenvalue weighted by Gasteiger charge is -2.33. The molecule has 0 unspecified atom stereocenters. The number of amides is 2. The molecule has 2 amide bonds. The van der Waals surface area contributed by atoms with Gasteiger partial charge in [0, 0.05) is 29.1 Å². The first-order valence-corrected chi connectivity index (χ1v) is 12.4. The monoisotopic (exact) mass is 462 g/mol. The largest absolute Gasteiger partial charge is 0.375 e. The molecule has 1 aliphatic rings. The van der Waals surface area contributed by atoms with Crippen LogP contribution in [0, 0.1) is 5.92 Å². The van der Waals surface area contributed by atoms with E-state index < -0.39 is 6.04 Å². The lowest BCUT2D eigenvalue weighted by atomic mass is 9.88. The molecule has 0 bridgehead atoms. The van der Waals surface area contributed by atoms with Gasteiger partial charge in [0.15, 0.2) is 5.13 Å². The number of benzene rings is 2. The van der Waals surface area contributed by atoms with Crippen molar-refractivity contribution in [1.29, 1.82) is 0 Å². The Kier molecular flexibility index (Phi) is 7.40. The van der Waals surface area contributed by atoms with Crippen molar-refractivity contribution in [3.05, 3.63) is 65.5 Å². The highest BCUT2D eigenvalue weighted by Gasteiger charge is 2.32. The van der Waals surface area contributed by atoms with Gasteiger partial charge in [0.25, 0.3) is 0 Å². The van der Waals surface area contributed by atoms with Crippen LogP contribution in [0.25, 0.3) is 11.3 Å². The second kappa shape index (κ2) is 10.6. The van der Waals surface area contributed by atoms with Gasteiger partial charge in [0.05, 0.1) is 5.69 Å². The number of aromatic nitrogens is 1. The number of hydrogen-bond acceptors (Lipinski definition) is 5. The Morgan fingerprint density at radius 3 is 2.42 bits per heavy atom. The molecule has 2 aromatic carbocycles. The molecule has 1 aromatic heterocycles. The van der Waals surface area contributed by atoms with Gasteiger partial charge in [0.2, 0.25) is 11.8 Å². The summed E-state index contributed by atoms with van der Waals surface area (Å²) in [6, 6.07) is 16.8. The van der Waals surface area contributed by atoms with E-state index in [0.717, 1.165) is 42.5 Å². The highest BCUT2D eigenvalue weighted by Crippen LogP contribution is 2.28. The van der Waals surface area contributed by atoms with Gasteiger partial charge in [-0.1, -0.05) is 61.7 Å². The molecular formula is C26H30N4O2S. The number of nitrogens with zero attached hydrogens (tertiary/aromatic N) is 2. The van der Waals surface area contributed by atoms with Crippen LogP contribution >= 0.6 is 11.3 Å². The first-order valence-electron chi connectivity index (χ1n) is 11.5. The van der Waals surface area contributed by atoms with E-state index in [2.05, 4.69) is 10.3 Å². The number of nitrogens with two attached hydrogens (primary N) is 1. The van der Waals surface area contributed by atoms with Crippen molar-refractivity contribution in [3.63, 3.8) is 0 Å². The molecule has 0 radical (unpaired) electrons. The Morgan fingerprint density at radius 1 is 1.09 bits per heavy atom. The van der Waals surface area contributed by atoms with E-state index in [1.165, 1.54) is 17.8 Å². The summed E-state index contributed by atoms with van der Waals surface area (Å²) in [6.07, 6.45) is 5.14. The van der Waals surface area contributed by atoms with Gasteiger partial charge in [-0.3, -0.25) is 9.59 Å². The molecular weight excluding hydrogens is 432 g/mol. The van der Waals surface area contributed by atoms with E-state index >= 15 is 0 Å². The standard InChI is InChI=1S/C26H30N4O2S/c1-18(24(31)28-22-14-12-20(13-15-22)23-17-33-26(27)29-23)30(16-19-8-4-2-5-9-19)25(32)21-10-6-3-7-11-21/h2,4-5,8-9,12-15,17-18,21H,3,6-7,10-11,16H2,1H3,(H2,27,29)(H,28,31)/t18-/m0/s1. The predicted molar refractivity (Wildman–Crippen MR) is 134 cm³/mol. The fraction of sp³-hybridized carbons (Fsp3) is 0.346. The molecule has 7 heteroatoms. The number of rotatable bonds is 7. The predicted octanol–water partition coefficient (Wildman–Crippen LogP) is 5.33. The minimum atomic E-state index is -0.586. The van der Waals surface area contributed by atoms with E-state index in [0.29, 0.717) is 17.4 Å². The van der Waals surface area contributed by atoms with E-state index in [4.69, 9.17) is 5.73 Å². The molecule has 33 heavy (non-hydrogen) atoms. The second-order valence-electron chi connectivity index (χ2n) is 8.60. The van der Waals surface area contributed by atoms with Crippen molar-refractivity contribution in [1.82, 2.24) is 9.88 Å². The van der Waals surface area contributed by atoms with Gasteiger partial charge in [-0.25, -0.2) is 4.98 Å². The molecule has 1 aliphatic carbocycles. The summed E-state index contributed by atoms with van der Waals surface area (Å²) in [7, 11) is 0. The summed E-state index contributed by atoms with van der Waals surface area (Å²) in [5.41, 5.74) is 9.18. The van der Waals surface area contributed by atoms with Gasteiger partial charge in [-0.2, -0.15) is 0 Å². The number of hydrogen-bond donors (Lipinski definition) is 2. The third-order valence-corrected chi connectivity index (χ3v) is 6.92. The van der Waals surface area contributed by atoms with Crippen LogP contribution in [0.3, 0.4) is 0 Å². The molecule has 0 spiro atoms. The Bertz CT molecular complexity index is 1080. The van der Waals surface area contributed by atoms with E-state index in [1.54, 1.807) is 4.90 Å². The van der Waals surface area contributed by atoms with E-state index in [-0.39, 0.29) is 17.7 Å². The van der Waals surface area contributed by atoms with Gasteiger partial charge in [-0.15, -0.1) is 11.3 Å². The zero-order valence-corrected chi connectivity index (χ0v) is 19.7. The number of nitrogens with one attached hydrogen (secondary N) is 1. The summed E-state index contributed by atoms with van der Waals surface area (Å²) < 4.78 is 0. The van der Waals surface area contributed by atoms with Crippen LogP contribution in [-0.4, -0.2) is 27.7 Å². The van der Waals surface area contributed by atoms with Crippen LogP contribution in [0.1, 0.15) is 44.6 Å². The van der Waals surface area contributed by atoms with Gasteiger partial charge in [0.1, 0.15) is 6.04 Å². The van der Waals surface area contributed by atoms with E-state index in [1.807, 2.05) is 66.9 Å². The first kappa shape index (κ1) is 23.0. The lowest BCUT2D eigenvalue weighted by Crippen LogP contribution is -2.47. The summed E-state index contributed by atoms with van der Waals surface area (Å²) in [6.45, 7) is 2.24. The molecule has 3 aromatic rings. The molecule has 1 fully saturated rings. The minimum Gasteiger partial charge on any atom is -0.375 e. The molecule has 4 rings (SSSR count). The molecule has 1 atom stereocenters. The number of carbonyl (C=O) groups excluding carboxylic acids is 2. The van der Waals surface area contributed by atoms with Gasteiger partial charge in [-0.05, 0) is 37.5 Å². The highest BCUT2D eigenvalue weighted by molar-refractivity contribution is 7.13. The Labute approximate surface area is 198 Å². The number of nitrogen functional groups attached to an aromatic ring is 1. The Hall–Kier alpha value is -3.19. The van der Waals surface area contributed by atoms with Gasteiger partial charge >= 0.3 is 0 Å². The normalized spacial score (nSPS) is 15.1. The van der Waals surface area contributed by atoms with Crippen LogP contribution in [0.5, 0.6) is 0 Å². The molecule has 0 aliphatic heterocycles. The first-order chi connectivity index (χ1) is 16.0. The maximum Gasteiger partial charge on any atom is 0.246 e. The smallest absolute Gasteiger partial charge is 0.246 e. The van der Waals surface area contributed by atoms with E-state index in [9.17, 15) is 9.59 Å². The fourth-order valence-corrected chi connectivity index (χ4v) is 4.87. The number of thiazole rings is 1. The Balaban J connectivity index is 1.47. The molecule has 3 N–H and O–H groups in total. The zero-order chi connectivity index (χ0) is 23.2. The molecule has 1 heterocycles. The van der Waals surface area contributed by atoms with Crippen molar-refractivity contribution in [3.8, 4) is 11.3 Å². The van der Waals surface area contributed by atoms with Crippen LogP contribution in [0.15, 0.2) is 60.0 Å². The van der Waals surface area contributed by atoms with Crippen LogP contribution in [0.2, 0.25) is 0 Å². The molecule has 172 valence electrons. The number of anilines is 2. The van der Waals surface area contributed by atoms with Crippen molar-refractivity contribution >= 4 is 34.0 Å². The van der Waals surface area contributed by atoms with Crippen molar-refractivity contribution in [2.24, 2.45) is 5.92 Å². The van der Waals surface area contributed by atoms with Crippen molar-refractivity contribution in [2.75, 3.05) is 11.1 Å². The Morgan fingerprint density at radius 2 is 1.79 bits per heavy atom. The summed E-state index contributed by atoms with van der Waals surface area (Å²) in [4.78, 5) is 32.6. The average molecular weight is 463 g/mol. The topological polar surface area (TPSA) is 88.3 Å². The maximum absolute atomic E-state index is 13.4. The summed E-state index contributed by atoms with van der Waals surface area (Å²) in [5, 5.41) is 5.41. The fourth-order valence-electron chi connectivity index (χ4n) is 4.30. The average Bonchev–Trinajstić information content (AvgIpc) is 3.29. The molecule has 6 nitrogen and oxygen atoms in total. The van der Waals surface area contributed by atoms with Crippen molar-refractivity contribution in [2.45, 2.75) is 51.6 Å². The lowest BCUT2D eigenvalue weighted by molar-refractivity contribution is -0.143.